The van der Waals surface area contributed by atoms with Gasteiger partial charge in [-0.25, -0.2) is 9.36 Å². The zero-order valence-corrected chi connectivity index (χ0v) is 21.8. The van der Waals surface area contributed by atoms with Gasteiger partial charge in [0.25, 0.3) is 11.8 Å². The molecule has 0 bridgehead atoms. The molecule has 2 aromatic rings. The number of rotatable bonds is 9. The number of carboxylic acids is 1. The van der Waals surface area contributed by atoms with Crippen molar-refractivity contribution in [2.45, 2.75) is 56.4 Å². The van der Waals surface area contributed by atoms with Gasteiger partial charge in [-0.2, -0.15) is 9.36 Å². The number of anilines is 1. The Hall–Kier alpha value is -3.56. The van der Waals surface area contributed by atoms with E-state index in [1.165, 1.54) is 16.7 Å². The molecule has 2 fully saturated rings. The van der Waals surface area contributed by atoms with Crippen LogP contribution in [0.2, 0.25) is 0 Å². The van der Waals surface area contributed by atoms with Crippen molar-refractivity contribution in [3.05, 3.63) is 47.2 Å². The number of nitrogens with two attached hydrogens (primary N) is 1. The van der Waals surface area contributed by atoms with Gasteiger partial charge in [-0.05, 0) is 31.7 Å². The van der Waals surface area contributed by atoms with Crippen molar-refractivity contribution < 1.29 is 34.0 Å². The lowest BCUT2D eigenvalue weighted by Gasteiger charge is -2.49. The van der Waals surface area contributed by atoms with Gasteiger partial charge < -0.3 is 26.1 Å². The molecule has 0 aromatic carbocycles. The van der Waals surface area contributed by atoms with Gasteiger partial charge >= 0.3 is 5.97 Å². The average molecular weight is 561 g/mol. The fourth-order valence-corrected chi connectivity index (χ4v) is 6.41. The summed E-state index contributed by atoms with van der Waals surface area (Å²) >= 11 is 2.26. The molecular formula is C23H26N7O6S2+. The first kappa shape index (κ1) is 26.1. The Morgan fingerprint density at radius 1 is 1.34 bits per heavy atom. The highest BCUT2D eigenvalue weighted by atomic mass is 32.2. The molecule has 2 aliphatic heterocycles. The smallest absolute Gasteiger partial charge is 0.352 e. The van der Waals surface area contributed by atoms with E-state index in [0.29, 0.717) is 16.9 Å². The average Bonchev–Trinajstić information content (AvgIpc) is 3.59. The van der Waals surface area contributed by atoms with Crippen molar-refractivity contribution in [3.8, 4) is 0 Å². The Labute approximate surface area is 225 Å². The number of carbonyl (C=O) groups is 3. The van der Waals surface area contributed by atoms with Gasteiger partial charge in [0.15, 0.2) is 24.1 Å². The number of thioether (sulfide) groups is 1. The Kier molecular flexibility index (Phi) is 7.58. The summed E-state index contributed by atoms with van der Waals surface area (Å²) in [5, 5.41) is 25.6. The Morgan fingerprint density at radius 3 is 2.82 bits per heavy atom. The van der Waals surface area contributed by atoms with Crippen LogP contribution in [0, 0.1) is 0 Å². The van der Waals surface area contributed by atoms with Crippen molar-refractivity contribution in [1.82, 2.24) is 19.6 Å². The number of amides is 2. The largest absolute Gasteiger partial charge is 0.477 e. The normalized spacial score (nSPS) is 21.8. The number of pyridine rings is 1. The van der Waals surface area contributed by atoms with Crippen LogP contribution in [-0.2, 0) is 32.4 Å². The Bertz CT molecular complexity index is 1320. The monoisotopic (exact) mass is 560 g/mol. The van der Waals surface area contributed by atoms with E-state index >= 15 is 0 Å². The van der Waals surface area contributed by atoms with Crippen molar-refractivity contribution in [2.24, 2.45) is 5.16 Å². The van der Waals surface area contributed by atoms with E-state index in [1.54, 1.807) is 29.1 Å². The van der Waals surface area contributed by atoms with Gasteiger partial charge in [-0.15, -0.1) is 11.8 Å². The fourth-order valence-electron chi connectivity index (χ4n) is 4.64. The lowest BCUT2D eigenvalue weighted by atomic mass is 10.0. The number of fused-ring (bicyclic) bond motifs is 1. The van der Waals surface area contributed by atoms with Crippen LogP contribution >= 0.6 is 23.3 Å². The summed E-state index contributed by atoms with van der Waals surface area (Å²) in [6, 6.07) is 2.56. The molecule has 2 aromatic heterocycles. The minimum absolute atomic E-state index is 0.00142. The number of carbonyl (C=O) groups excluding carboxylic acids is 2. The zero-order valence-electron chi connectivity index (χ0n) is 20.1. The summed E-state index contributed by atoms with van der Waals surface area (Å²) in [7, 11) is 0. The van der Waals surface area contributed by atoms with E-state index in [-0.39, 0.29) is 41.6 Å². The van der Waals surface area contributed by atoms with Crippen molar-refractivity contribution in [1.29, 1.82) is 0 Å². The highest BCUT2D eigenvalue weighted by molar-refractivity contribution is 8.00. The number of aliphatic carboxylic acids is 1. The SMILES string of the molecule is Nc1nc(C(=NOC2CCCC2)C(=O)NC2C(=O)N3C(C(=O)O)=C(C[n+]4cccc(CO)c4)CS[C@H]23)ns1. The molecule has 1 saturated heterocycles. The van der Waals surface area contributed by atoms with Crippen LogP contribution in [0.5, 0.6) is 0 Å². The highest BCUT2D eigenvalue weighted by Gasteiger charge is 2.55. The molecule has 200 valence electrons. The van der Waals surface area contributed by atoms with Gasteiger partial charge in [0.1, 0.15) is 23.2 Å². The van der Waals surface area contributed by atoms with Crippen molar-refractivity contribution >= 4 is 51.9 Å². The predicted molar refractivity (Wildman–Crippen MR) is 136 cm³/mol. The molecule has 0 spiro atoms. The number of β-lactam (4-membered cyclic amide) rings is 1. The summed E-state index contributed by atoms with van der Waals surface area (Å²) in [5.74, 6) is -2.13. The first-order chi connectivity index (χ1) is 18.4. The third kappa shape index (κ3) is 5.21. The molecule has 15 heteroatoms. The third-order valence-corrected chi connectivity index (χ3v) is 8.36. The Balaban J connectivity index is 1.33. The molecular weight excluding hydrogens is 534 g/mol. The van der Waals surface area contributed by atoms with Crippen molar-refractivity contribution in [3.63, 3.8) is 0 Å². The number of aromatic nitrogens is 3. The first-order valence-electron chi connectivity index (χ1n) is 12.0. The molecule has 2 amide bonds. The summed E-state index contributed by atoms with van der Waals surface area (Å²) in [6.07, 6.45) is 7.06. The van der Waals surface area contributed by atoms with E-state index < -0.39 is 29.2 Å². The second kappa shape index (κ2) is 11.0. The number of aliphatic hydroxyl groups is 1. The number of oxime groups is 1. The second-order valence-electron chi connectivity index (χ2n) is 9.07. The standard InChI is InChI=1S/C23H25N7O6S2/c24-23-26-18(28-38-23)15(27-36-14-5-1-2-6-14)19(32)25-16-20(33)30-17(22(34)35)13(11-37-21(16)30)9-29-7-3-4-12(8-29)10-31/h3-4,7-8,14,16,21,31H,1-2,5-6,9-11H2,(H3-,24,25,26,28,32,34,35)/p+1/t16?,21-/m1/s1. The van der Waals surface area contributed by atoms with E-state index in [9.17, 15) is 24.6 Å². The maximum absolute atomic E-state index is 13.2. The van der Waals surface area contributed by atoms with E-state index in [1.807, 2.05) is 0 Å². The molecule has 1 aliphatic carbocycles. The molecule has 1 unspecified atom stereocenters. The van der Waals surface area contributed by atoms with Gasteiger partial charge in [-0.3, -0.25) is 14.5 Å². The topological polar surface area (TPSA) is 184 Å². The van der Waals surface area contributed by atoms with E-state index in [2.05, 4.69) is 19.8 Å². The quantitative estimate of drug-likeness (QED) is 0.141. The molecule has 13 nitrogen and oxygen atoms in total. The van der Waals surface area contributed by atoms with E-state index in [0.717, 1.165) is 37.2 Å². The molecule has 2 atom stereocenters. The van der Waals surface area contributed by atoms with Crippen LogP contribution in [0.4, 0.5) is 5.13 Å². The minimum atomic E-state index is -1.23. The summed E-state index contributed by atoms with van der Waals surface area (Å²) in [6.45, 7) is 0.0940. The predicted octanol–water partition coefficient (Wildman–Crippen LogP) is 0.00220. The lowest BCUT2D eigenvalue weighted by molar-refractivity contribution is -0.689. The minimum Gasteiger partial charge on any atom is -0.477 e. The van der Waals surface area contributed by atoms with Gasteiger partial charge in [0.05, 0.1) is 6.61 Å². The maximum atomic E-state index is 13.2. The van der Waals surface area contributed by atoms with Crippen LogP contribution in [0.3, 0.4) is 0 Å². The van der Waals surface area contributed by atoms with Gasteiger partial charge in [-0.1, -0.05) is 5.16 Å². The molecule has 5 N–H and O–H groups in total. The number of hydrogen-bond donors (Lipinski definition) is 4. The number of nitrogen functional groups attached to an aromatic ring is 1. The third-order valence-electron chi connectivity index (χ3n) is 6.48. The van der Waals surface area contributed by atoms with E-state index in [4.69, 9.17) is 10.6 Å². The van der Waals surface area contributed by atoms with Crippen LogP contribution < -0.4 is 15.6 Å². The van der Waals surface area contributed by atoms with Crippen LogP contribution in [-0.4, -0.2) is 71.2 Å². The number of aliphatic hydroxyl groups excluding tert-OH is 1. The fraction of sp³-hybridized carbons (Fsp3) is 0.435. The van der Waals surface area contributed by atoms with Gasteiger partial charge in [0.2, 0.25) is 11.5 Å². The summed E-state index contributed by atoms with van der Waals surface area (Å²) in [5.41, 5.74) is 6.63. The van der Waals surface area contributed by atoms with Gasteiger partial charge in [0, 0.05) is 34.5 Å². The number of carboxylic acid groups (broad SMARTS) is 1. The molecule has 1 saturated carbocycles. The second-order valence-corrected chi connectivity index (χ2v) is 11.0. The molecule has 5 rings (SSSR count). The lowest BCUT2D eigenvalue weighted by Crippen LogP contribution is -2.71. The number of nitrogens with one attached hydrogen (secondary N) is 1. The first-order valence-corrected chi connectivity index (χ1v) is 13.8. The van der Waals surface area contributed by atoms with Crippen LogP contribution in [0.1, 0.15) is 37.1 Å². The van der Waals surface area contributed by atoms with Crippen molar-refractivity contribution in [2.75, 3.05) is 11.5 Å². The molecule has 4 heterocycles. The molecule has 0 radical (unpaired) electrons. The molecule has 3 aliphatic rings. The molecule has 38 heavy (non-hydrogen) atoms. The number of hydrogen-bond acceptors (Lipinski definition) is 11. The highest BCUT2D eigenvalue weighted by Crippen LogP contribution is 2.40. The maximum Gasteiger partial charge on any atom is 0.352 e. The van der Waals surface area contributed by atoms with Crippen LogP contribution in [0.15, 0.2) is 41.0 Å². The zero-order chi connectivity index (χ0) is 26.8. The number of nitrogens with zero attached hydrogens (tertiary/aromatic N) is 5. The van der Waals surface area contributed by atoms with Crippen LogP contribution in [0.25, 0.3) is 0 Å². The summed E-state index contributed by atoms with van der Waals surface area (Å²) in [4.78, 5) is 49.3. The summed E-state index contributed by atoms with van der Waals surface area (Å²) < 4.78 is 5.82. The Morgan fingerprint density at radius 2 is 2.13 bits per heavy atom.